The molecular formula is C20H23N3O4S. The Bertz CT molecular complexity index is 901. The first-order valence-corrected chi connectivity index (χ1v) is 10.0. The van der Waals surface area contributed by atoms with Crippen LogP contribution in [0.2, 0.25) is 0 Å². The van der Waals surface area contributed by atoms with E-state index in [0.717, 1.165) is 16.9 Å². The number of carbonyl (C=O) groups is 1. The van der Waals surface area contributed by atoms with Crippen LogP contribution >= 0.6 is 11.8 Å². The molecule has 0 unspecified atom stereocenters. The number of hydrogen-bond acceptors (Lipinski definition) is 7. The van der Waals surface area contributed by atoms with Crippen LogP contribution in [-0.2, 0) is 16.1 Å². The Morgan fingerprint density at radius 2 is 1.96 bits per heavy atom. The van der Waals surface area contributed by atoms with Crippen molar-refractivity contribution in [1.29, 1.82) is 0 Å². The highest BCUT2D eigenvalue weighted by Gasteiger charge is 2.16. The van der Waals surface area contributed by atoms with Gasteiger partial charge in [0.25, 0.3) is 0 Å². The van der Waals surface area contributed by atoms with E-state index >= 15 is 0 Å². The van der Waals surface area contributed by atoms with Crippen molar-refractivity contribution in [2.24, 2.45) is 0 Å². The van der Waals surface area contributed by atoms with E-state index in [1.807, 2.05) is 43.5 Å². The van der Waals surface area contributed by atoms with Crippen LogP contribution in [0.5, 0.6) is 5.75 Å². The molecule has 0 bridgehead atoms. The Hall–Kier alpha value is -2.74. The van der Waals surface area contributed by atoms with Gasteiger partial charge in [0.1, 0.15) is 19.0 Å². The molecule has 0 aliphatic heterocycles. The van der Waals surface area contributed by atoms with Crippen LogP contribution in [-0.4, -0.2) is 39.7 Å². The van der Waals surface area contributed by atoms with Crippen molar-refractivity contribution in [2.45, 2.75) is 32.5 Å². The number of esters is 1. The lowest BCUT2D eigenvalue weighted by Crippen LogP contribution is -2.14. The summed E-state index contributed by atoms with van der Waals surface area (Å²) in [6.07, 6.45) is 1.59. The maximum absolute atomic E-state index is 12.0. The molecule has 2 aromatic heterocycles. The van der Waals surface area contributed by atoms with Gasteiger partial charge in [-0.25, -0.2) is 0 Å². The van der Waals surface area contributed by atoms with Gasteiger partial charge in [-0.3, -0.25) is 9.36 Å². The second kappa shape index (κ2) is 9.45. The zero-order chi connectivity index (χ0) is 19.9. The second-order valence-electron chi connectivity index (χ2n) is 6.21. The van der Waals surface area contributed by atoms with E-state index in [-0.39, 0.29) is 18.3 Å². The van der Waals surface area contributed by atoms with Crippen molar-refractivity contribution in [2.75, 3.05) is 19.0 Å². The Kier molecular flexibility index (Phi) is 6.76. The molecule has 0 radical (unpaired) electrons. The highest BCUT2D eigenvalue weighted by Crippen LogP contribution is 2.24. The minimum atomic E-state index is -0.320. The van der Waals surface area contributed by atoms with Crippen LogP contribution in [0.1, 0.15) is 18.1 Å². The van der Waals surface area contributed by atoms with E-state index in [0.29, 0.717) is 29.9 Å². The molecule has 0 saturated carbocycles. The van der Waals surface area contributed by atoms with E-state index in [9.17, 15) is 4.79 Å². The third-order valence-electron chi connectivity index (χ3n) is 3.90. The fraction of sp³-hybridized carbons (Fsp3) is 0.350. The molecule has 3 aromatic rings. The van der Waals surface area contributed by atoms with E-state index in [2.05, 4.69) is 16.3 Å². The van der Waals surface area contributed by atoms with Gasteiger partial charge in [0.2, 0.25) is 0 Å². The summed E-state index contributed by atoms with van der Waals surface area (Å²) < 4.78 is 18.2. The van der Waals surface area contributed by atoms with Crippen molar-refractivity contribution < 1.29 is 18.7 Å². The summed E-state index contributed by atoms with van der Waals surface area (Å²) in [6, 6.07) is 9.62. The third kappa shape index (κ3) is 5.16. The lowest BCUT2D eigenvalue weighted by Gasteiger charge is -2.09. The van der Waals surface area contributed by atoms with Crippen LogP contribution in [0.3, 0.4) is 0 Å². The van der Waals surface area contributed by atoms with E-state index < -0.39 is 0 Å². The van der Waals surface area contributed by atoms with Gasteiger partial charge in [0, 0.05) is 6.54 Å². The molecule has 148 valence electrons. The van der Waals surface area contributed by atoms with Crippen molar-refractivity contribution in [3.05, 3.63) is 47.7 Å². The molecule has 7 nitrogen and oxygen atoms in total. The fourth-order valence-corrected chi connectivity index (χ4v) is 3.57. The average molecular weight is 401 g/mol. The monoisotopic (exact) mass is 401 g/mol. The highest BCUT2D eigenvalue weighted by atomic mass is 32.2. The third-order valence-corrected chi connectivity index (χ3v) is 4.84. The predicted octanol–water partition coefficient (Wildman–Crippen LogP) is 3.89. The lowest BCUT2D eigenvalue weighted by atomic mass is 10.1. The van der Waals surface area contributed by atoms with E-state index in [1.165, 1.54) is 11.8 Å². The van der Waals surface area contributed by atoms with Gasteiger partial charge in [-0.15, -0.1) is 10.2 Å². The molecule has 3 rings (SSSR count). The Morgan fingerprint density at radius 3 is 2.64 bits per heavy atom. The minimum absolute atomic E-state index is 0.153. The Balaban J connectivity index is 1.44. The molecule has 28 heavy (non-hydrogen) atoms. The van der Waals surface area contributed by atoms with Crippen molar-refractivity contribution in [3.63, 3.8) is 0 Å². The summed E-state index contributed by atoms with van der Waals surface area (Å²) in [4.78, 5) is 12.0. The number of rotatable bonds is 9. The molecular weight excluding hydrogens is 378 g/mol. The van der Waals surface area contributed by atoms with E-state index in [4.69, 9.17) is 13.9 Å². The molecule has 0 amide bonds. The number of nitrogens with zero attached hydrogens (tertiary/aromatic N) is 3. The maximum atomic E-state index is 12.0. The molecule has 0 aliphatic rings. The fourth-order valence-electron chi connectivity index (χ4n) is 2.76. The number of hydrogen-bond donors (Lipinski definition) is 0. The normalized spacial score (nSPS) is 10.8. The molecule has 8 heteroatoms. The topological polar surface area (TPSA) is 79.4 Å². The van der Waals surface area contributed by atoms with Gasteiger partial charge in [-0.2, -0.15) is 0 Å². The number of aryl methyl sites for hydroxylation is 2. The number of furan rings is 1. The smallest absolute Gasteiger partial charge is 0.316 e. The van der Waals surface area contributed by atoms with Gasteiger partial charge in [0.05, 0.1) is 12.0 Å². The Labute approximate surface area is 168 Å². The Morgan fingerprint density at radius 1 is 1.18 bits per heavy atom. The van der Waals surface area contributed by atoms with E-state index in [1.54, 1.807) is 12.3 Å². The summed E-state index contributed by atoms with van der Waals surface area (Å²) in [7, 11) is 0. The molecule has 0 aliphatic carbocycles. The van der Waals surface area contributed by atoms with Gasteiger partial charge in [0.15, 0.2) is 16.7 Å². The molecule has 0 N–H and O–H groups in total. The average Bonchev–Trinajstić information content (AvgIpc) is 3.31. The predicted molar refractivity (Wildman–Crippen MR) is 106 cm³/mol. The quantitative estimate of drug-likeness (QED) is 0.306. The number of aromatic nitrogens is 3. The molecule has 0 fully saturated rings. The lowest BCUT2D eigenvalue weighted by molar-refractivity contribution is -0.141. The van der Waals surface area contributed by atoms with Gasteiger partial charge in [-0.05, 0) is 56.2 Å². The molecule has 0 spiro atoms. The summed E-state index contributed by atoms with van der Waals surface area (Å²) in [5.41, 5.74) is 2.27. The molecule has 2 heterocycles. The zero-order valence-corrected chi connectivity index (χ0v) is 17.0. The van der Waals surface area contributed by atoms with Crippen molar-refractivity contribution >= 4 is 17.7 Å². The van der Waals surface area contributed by atoms with Gasteiger partial charge >= 0.3 is 5.97 Å². The first-order valence-electron chi connectivity index (χ1n) is 9.03. The largest absolute Gasteiger partial charge is 0.490 e. The molecule has 1 aromatic carbocycles. The van der Waals surface area contributed by atoms with Crippen LogP contribution in [0, 0.1) is 13.8 Å². The molecule has 0 saturated heterocycles. The zero-order valence-electron chi connectivity index (χ0n) is 16.2. The first kappa shape index (κ1) is 20.0. The van der Waals surface area contributed by atoms with Gasteiger partial charge < -0.3 is 13.9 Å². The minimum Gasteiger partial charge on any atom is -0.490 e. The number of carbonyl (C=O) groups excluding carboxylic acids is 1. The summed E-state index contributed by atoms with van der Waals surface area (Å²) in [5.74, 6) is 1.90. The van der Waals surface area contributed by atoms with Crippen molar-refractivity contribution in [3.8, 4) is 17.3 Å². The number of thioether (sulfide) groups is 1. The van der Waals surface area contributed by atoms with Gasteiger partial charge in [-0.1, -0.05) is 17.8 Å². The second-order valence-corrected chi connectivity index (χ2v) is 7.15. The highest BCUT2D eigenvalue weighted by molar-refractivity contribution is 7.99. The van der Waals surface area contributed by atoms with Crippen LogP contribution in [0.4, 0.5) is 0 Å². The van der Waals surface area contributed by atoms with Crippen LogP contribution in [0.15, 0.2) is 46.2 Å². The number of ether oxygens (including phenoxy) is 2. The summed E-state index contributed by atoms with van der Waals surface area (Å²) in [6.45, 7) is 7.21. The maximum Gasteiger partial charge on any atom is 0.316 e. The summed E-state index contributed by atoms with van der Waals surface area (Å²) in [5, 5.41) is 8.96. The van der Waals surface area contributed by atoms with Crippen LogP contribution < -0.4 is 4.74 Å². The SMILES string of the molecule is CCn1c(SCC(=O)OCCOc2cc(C)cc(C)c2)nnc1-c1ccco1. The van der Waals surface area contributed by atoms with Crippen molar-refractivity contribution in [1.82, 2.24) is 14.8 Å². The van der Waals surface area contributed by atoms with Crippen LogP contribution in [0.25, 0.3) is 11.6 Å². The molecule has 0 atom stereocenters. The first-order chi connectivity index (χ1) is 13.6. The standard InChI is InChI=1S/C20H23N3O4S/c1-4-23-19(17-6-5-7-26-17)21-22-20(23)28-13-18(24)27-9-8-25-16-11-14(2)10-15(3)12-16/h5-7,10-12H,4,8-9,13H2,1-3H3. The number of benzene rings is 1. The summed E-state index contributed by atoms with van der Waals surface area (Å²) >= 11 is 1.29.